The van der Waals surface area contributed by atoms with E-state index in [2.05, 4.69) is 10.5 Å². The van der Waals surface area contributed by atoms with E-state index >= 15 is 0 Å². The molecular formula is C18H13FN2O. The topological polar surface area (TPSA) is 41.5 Å². The Morgan fingerprint density at radius 3 is 2.55 bits per heavy atom. The third kappa shape index (κ3) is 2.86. The van der Waals surface area contributed by atoms with Crippen molar-refractivity contribution in [3.05, 3.63) is 83.7 Å². The Bertz CT molecular complexity index is 853. The zero-order chi connectivity index (χ0) is 15.4. The van der Waals surface area contributed by atoms with Gasteiger partial charge in [-0.25, -0.2) is 9.82 Å². The van der Waals surface area contributed by atoms with E-state index in [1.165, 1.54) is 18.2 Å². The zero-order valence-electron chi connectivity index (χ0n) is 11.7. The first kappa shape index (κ1) is 13.9. The molecule has 3 aromatic rings. The van der Waals surface area contributed by atoms with Crippen LogP contribution in [0, 0.1) is 5.82 Å². The second-order valence-corrected chi connectivity index (χ2v) is 4.75. The van der Waals surface area contributed by atoms with E-state index < -0.39 is 11.7 Å². The van der Waals surface area contributed by atoms with E-state index in [1.807, 2.05) is 42.5 Å². The molecule has 0 aliphatic carbocycles. The lowest BCUT2D eigenvalue weighted by atomic mass is 10.1. The maximum absolute atomic E-state index is 13.5. The van der Waals surface area contributed by atoms with Crippen LogP contribution < -0.4 is 5.43 Å². The van der Waals surface area contributed by atoms with Crippen molar-refractivity contribution in [3.63, 3.8) is 0 Å². The maximum atomic E-state index is 13.5. The molecule has 0 aromatic heterocycles. The van der Waals surface area contributed by atoms with Crippen molar-refractivity contribution in [1.82, 2.24) is 5.43 Å². The number of hydrazone groups is 1. The molecule has 0 bridgehead atoms. The second kappa shape index (κ2) is 6.18. The number of carbonyl (C=O) groups is 1. The maximum Gasteiger partial charge on any atom is 0.274 e. The van der Waals surface area contributed by atoms with E-state index in [-0.39, 0.29) is 5.56 Å². The second-order valence-electron chi connectivity index (χ2n) is 4.75. The van der Waals surface area contributed by atoms with E-state index in [1.54, 1.807) is 12.3 Å². The summed E-state index contributed by atoms with van der Waals surface area (Å²) in [4.78, 5) is 11.9. The lowest BCUT2D eigenvalue weighted by Crippen LogP contribution is -2.18. The molecule has 0 saturated carbocycles. The van der Waals surface area contributed by atoms with Gasteiger partial charge in [0, 0.05) is 5.56 Å². The van der Waals surface area contributed by atoms with Gasteiger partial charge in [-0.05, 0) is 22.9 Å². The van der Waals surface area contributed by atoms with Gasteiger partial charge in [0.15, 0.2) is 0 Å². The summed E-state index contributed by atoms with van der Waals surface area (Å²) < 4.78 is 13.5. The van der Waals surface area contributed by atoms with Crippen molar-refractivity contribution in [1.29, 1.82) is 0 Å². The van der Waals surface area contributed by atoms with Gasteiger partial charge >= 0.3 is 0 Å². The number of amides is 1. The van der Waals surface area contributed by atoms with Crippen LogP contribution >= 0.6 is 0 Å². The molecule has 3 nitrogen and oxygen atoms in total. The fourth-order valence-electron chi connectivity index (χ4n) is 2.23. The van der Waals surface area contributed by atoms with Gasteiger partial charge in [0.25, 0.3) is 5.91 Å². The van der Waals surface area contributed by atoms with Gasteiger partial charge in [-0.3, -0.25) is 4.79 Å². The van der Waals surface area contributed by atoms with Crippen LogP contribution in [0.5, 0.6) is 0 Å². The molecule has 0 spiro atoms. The number of carbonyl (C=O) groups excluding carboxylic acids is 1. The summed E-state index contributed by atoms with van der Waals surface area (Å²) in [6.07, 6.45) is 1.56. The first-order chi connectivity index (χ1) is 10.8. The van der Waals surface area contributed by atoms with Crippen molar-refractivity contribution < 1.29 is 9.18 Å². The molecular weight excluding hydrogens is 279 g/mol. The highest BCUT2D eigenvalue weighted by molar-refractivity contribution is 6.00. The van der Waals surface area contributed by atoms with Crippen molar-refractivity contribution >= 4 is 22.9 Å². The van der Waals surface area contributed by atoms with E-state index in [4.69, 9.17) is 0 Å². The van der Waals surface area contributed by atoms with E-state index in [0.29, 0.717) is 0 Å². The number of rotatable bonds is 3. The number of hydrogen-bond acceptors (Lipinski definition) is 2. The molecule has 0 fully saturated rings. The molecule has 0 radical (unpaired) electrons. The van der Waals surface area contributed by atoms with Crippen molar-refractivity contribution in [2.24, 2.45) is 5.10 Å². The summed E-state index contributed by atoms with van der Waals surface area (Å²) in [5.74, 6) is -1.14. The largest absolute Gasteiger partial charge is 0.274 e. The molecule has 108 valence electrons. The molecule has 3 aromatic carbocycles. The predicted octanol–water partition coefficient (Wildman–Crippen LogP) is 3.74. The molecule has 0 atom stereocenters. The van der Waals surface area contributed by atoms with Gasteiger partial charge in [0.1, 0.15) is 5.82 Å². The number of fused-ring (bicyclic) bond motifs is 1. The summed E-state index contributed by atoms with van der Waals surface area (Å²) in [5, 5.41) is 6.04. The van der Waals surface area contributed by atoms with Gasteiger partial charge in [-0.1, -0.05) is 54.6 Å². The number of hydrogen-bond donors (Lipinski definition) is 1. The molecule has 1 N–H and O–H groups in total. The fourth-order valence-corrected chi connectivity index (χ4v) is 2.23. The average molecular weight is 292 g/mol. The highest BCUT2D eigenvalue weighted by atomic mass is 19.1. The molecule has 4 heteroatoms. The quantitative estimate of drug-likeness (QED) is 0.580. The molecule has 1 amide bonds. The highest BCUT2D eigenvalue weighted by Crippen LogP contribution is 2.16. The van der Waals surface area contributed by atoms with Crippen molar-refractivity contribution in [2.75, 3.05) is 0 Å². The van der Waals surface area contributed by atoms with Gasteiger partial charge in [-0.2, -0.15) is 5.10 Å². The third-order valence-electron chi connectivity index (χ3n) is 3.31. The Kier molecular flexibility index (Phi) is 3.92. The van der Waals surface area contributed by atoms with Gasteiger partial charge in [0.2, 0.25) is 0 Å². The Morgan fingerprint density at radius 1 is 0.955 bits per heavy atom. The van der Waals surface area contributed by atoms with Crippen LogP contribution in [0.1, 0.15) is 15.9 Å². The first-order valence-corrected chi connectivity index (χ1v) is 6.81. The van der Waals surface area contributed by atoms with Crippen LogP contribution in [-0.4, -0.2) is 12.1 Å². The van der Waals surface area contributed by atoms with Crippen LogP contribution in [0.15, 0.2) is 71.8 Å². The number of nitrogens with zero attached hydrogens (tertiary/aromatic N) is 1. The van der Waals surface area contributed by atoms with Crippen LogP contribution in [0.25, 0.3) is 10.8 Å². The smallest absolute Gasteiger partial charge is 0.267 e. The monoisotopic (exact) mass is 292 g/mol. The van der Waals surface area contributed by atoms with Crippen LogP contribution in [0.4, 0.5) is 4.39 Å². The van der Waals surface area contributed by atoms with Crippen molar-refractivity contribution in [2.45, 2.75) is 0 Å². The minimum absolute atomic E-state index is 0.0300. The Hall–Kier alpha value is -3.01. The van der Waals surface area contributed by atoms with Crippen LogP contribution in [0.2, 0.25) is 0 Å². The Morgan fingerprint density at radius 2 is 1.68 bits per heavy atom. The summed E-state index contributed by atoms with van der Waals surface area (Å²) in [6, 6.07) is 19.5. The Labute approximate surface area is 127 Å². The average Bonchev–Trinajstić information content (AvgIpc) is 2.55. The normalized spacial score (nSPS) is 11.0. The highest BCUT2D eigenvalue weighted by Gasteiger charge is 2.09. The van der Waals surface area contributed by atoms with E-state index in [9.17, 15) is 9.18 Å². The summed E-state index contributed by atoms with van der Waals surface area (Å²) >= 11 is 0. The molecule has 0 aliphatic rings. The molecule has 3 rings (SSSR count). The molecule has 0 unspecified atom stereocenters. The lowest BCUT2D eigenvalue weighted by molar-refractivity contribution is 0.0951. The van der Waals surface area contributed by atoms with Crippen molar-refractivity contribution in [3.8, 4) is 0 Å². The molecule has 0 heterocycles. The summed E-state index contributed by atoms with van der Waals surface area (Å²) in [7, 11) is 0. The number of benzene rings is 3. The minimum Gasteiger partial charge on any atom is -0.267 e. The number of halogens is 1. The SMILES string of the molecule is O=C(N/N=C/c1cccc2ccccc12)c1ccccc1F. The van der Waals surface area contributed by atoms with Crippen LogP contribution in [0.3, 0.4) is 0 Å². The first-order valence-electron chi connectivity index (χ1n) is 6.81. The predicted molar refractivity (Wildman–Crippen MR) is 85.4 cm³/mol. The standard InChI is InChI=1S/C18H13FN2O/c19-17-11-4-3-10-16(17)18(22)21-20-12-14-8-5-7-13-6-1-2-9-15(13)14/h1-12H,(H,21,22)/b20-12+. The molecule has 0 saturated heterocycles. The Balaban J connectivity index is 1.80. The third-order valence-corrected chi connectivity index (χ3v) is 3.31. The van der Waals surface area contributed by atoms with Gasteiger partial charge < -0.3 is 0 Å². The van der Waals surface area contributed by atoms with Crippen LogP contribution in [-0.2, 0) is 0 Å². The van der Waals surface area contributed by atoms with Gasteiger partial charge in [0.05, 0.1) is 11.8 Å². The zero-order valence-corrected chi connectivity index (χ0v) is 11.7. The molecule has 22 heavy (non-hydrogen) atoms. The summed E-state index contributed by atoms with van der Waals surface area (Å²) in [6.45, 7) is 0. The fraction of sp³-hybridized carbons (Fsp3) is 0. The van der Waals surface area contributed by atoms with E-state index in [0.717, 1.165) is 16.3 Å². The number of nitrogens with one attached hydrogen (secondary N) is 1. The summed E-state index contributed by atoms with van der Waals surface area (Å²) in [5.41, 5.74) is 3.19. The van der Waals surface area contributed by atoms with Gasteiger partial charge in [-0.15, -0.1) is 0 Å². The minimum atomic E-state index is -0.574. The molecule has 0 aliphatic heterocycles. The lowest BCUT2D eigenvalue weighted by Gasteiger charge is -2.02.